The van der Waals surface area contributed by atoms with Gasteiger partial charge in [0.25, 0.3) is 0 Å². The number of rotatable bonds is 9. The van der Waals surface area contributed by atoms with E-state index in [-0.39, 0.29) is 49.8 Å². The van der Waals surface area contributed by atoms with E-state index in [1.165, 1.54) is 9.47 Å². The van der Waals surface area contributed by atoms with Crippen molar-refractivity contribution in [1.29, 1.82) is 0 Å². The lowest BCUT2D eigenvalue weighted by Crippen LogP contribution is -2.50. The molecule has 1 aliphatic heterocycles. The molecule has 3 atom stereocenters. The van der Waals surface area contributed by atoms with Gasteiger partial charge in [-0.3, -0.25) is 9.59 Å². The van der Waals surface area contributed by atoms with Crippen LogP contribution in [0.2, 0.25) is 0 Å². The maximum Gasteiger partial charge on any atom is 0.304 e. The maximum absolute atomic E-state index is 14.3. The highest BCUT2D eigenvalue weighted by atomic mass is 19.3. The number of halogens is 5. The van der Waals surface area contributed by atoms with Gasteiger partial charge < -0.3 is 20.5 Å². The number of benzene rings is 1. The molecule has 0 saturated heterocycles. The van der Waals surface area contributed by atoms with Gasteiger partial charge in [0, 0.05) is 38.5 Å². The lowest BCUT2D eigenvalue weighted by atomic mass is 9.97. The van der Waals surface area contributed by atoms with Gasteiger partial charge in [-0.05, 0) is 24.0 Å². The van der Waals surface area contributed by atoms with Crippen LogP contribution in [0.1, 0.15) is 50.8 Å². The van der Waals surface area contributed by atoms with Crippen LogP contribution in [0.4, 0.5) is 22.0 Å². The molecule has 0 bridgehead atoms. The molecule has 3 rings (SSSR count). The average molecular weight is 517 g/mol. The molecule has 0 fully saturated rings. The predicted octanol–water partition coefficient (Wildman–Crippen LogP) is 2.64. The summed E-state index contributed by atoms with van der Waals surface area (Å²) in [7, 11) is 0. The van der Waals surface area contributed by atoms with Crippen molar-refractivity contribution in [2.75, 3.05) is 6.54 Å². The van der Waals surface area contributed by atoms with Gasteiger partial charge in [0.05, 0.1) is 12.6 Å². The number of aromatic nitrogens is 3. The van der Waals surface area contributed by atoms with Crippen LogP contribution in [0.5, 0.6) is 0 Å². The molecule has 2 heterocycles. The molecular formula is C23H29F5N6O2. The minimum atomic E-state index is -3.20. The van der Waals surface area contributed by atoms with Crippen molar-refractivity contribution in [2.24, 2.45) is 11.7 Å². The van der Waals surface area contributed by atoms with Crippen LogP contribution in [-0.2, 0) is 35.0 Å². The number of hydrogen-bond acceptors (Lipinski definition) is 5. The molecule has 3 N–H and O–H groups in total. The highest BCUT2D eigenvalue weighted by Crippen LogP contribution is 2.27. The molecule has 1 aromatic heterocycles. The number of alkyl halides is 2. The lowest BCUT2D eigenvalue weighted by molar-refractivity contribution is -0.133. The van der Waals surface area contributed by atoms with Gasteiger partial charge >= 0.3 is 5.92 Å². The number of amides is 2. The summed E-state index contributed by atoms with van der Waals surface area (Å²) in [5.74, 6) is -8.39. The Morgan fingerprint density at radius 1 is 1.14 bits per heavy atom. The summed E-state index contributed by atoms with van der Waals surface area (Å²) in [5, 5.41) is 9.92. The largest absolute Gasteiger partial charge is 0.351 e. The summed E-state index contributed by atoms with van der Waals surface area (Å²) in [6, 6.07) is -0.812. The zero-order valence-electron chi connectivity index (χ0n) is 20.2. The van der Waals surface area contributed by atoms with Crippen LogP contribution in [0, 0.1) is 23.4 Å². The van der Waals surface area contributed by atoms with Crippen molar-refractivity contribution in [2.45, 2.75) is 71.1 Å². The first kappa shape index (κ1) is 27.5. The minimum Gasteiger partial charge on any atom is -0.351 e. The number of carbonyl (C=O) groups is 2. The van der Waals surface area contributed by atoms with E-state index in [0.29, 0.717) is 25.5 Å². The number of nitrogens with two attached hydrogens (primary N) is 1. The van der Waals surface area contributed by atoms with Gasteiger partial charge in [-0.25, -0.2) is 13.2 Å². The molecule has 2 amide bonds. The smallest absolute Gasteiger partial charge is 0.304 e. The summed E-state index contributed by atoms with van der Waals surface area (Å²) in [5.41, 5.74) is 5.76. The van der Waals surface area contributed by atoms with Crippen molar-refractivity contribution in [1.82, 2.24) is 25.0 Å². The SMILES string of the molecule is CCC(C)C(N)C(=O)NC(CC(=O)N1CCn2c(nnc2C(C)(F)F)C1)Cc1cc(F)c(F)cc1F. The second-order valence-electron chi connectivity index (χ2n) is 9.18. The van der Waals surface area contributed by atoms with E-state index in [1.807, 2.05) is 6.92 Å². The molecule has 198 valence electrons. The Morgan fingerprint density at radius 2 is 1.81 bits per heavy atom. The van der Waals surface area contributed by atoms with Crippen molar-refractivity contribution in [3.63, 3.8) is 0 Å². The molecule has 0 aliphatic carbocycles. The van der Waals surface area contributed by atoms with E-state index in [2.05, 4.69) is 15.5 Å². The number of nitrogens with one attached hydrogen (secondary N) is 1. The third kappa shape index (κ3) is 6.18. The first-order valence-corrected chi connectivity index (χ1v) is 11.6. The lowest BCUT2D eigenvalue weighted by Gasteiger charge is -2.30. The third-order valence-electron chi connectivity index (χ3n) is 6.38. The number of hydrogen-bond donors (Lipinski definition) is 2. The molecule has 0 saturated carbocycles. The summed E-state index contributed by atoms with van der Waals surface area (Å²) in [4.78, 5) is 27.1. The number of carbonyl (C=O) groups excluding carboxylic acids is 2. The zero-order chi connectivity index (χ0) is 26.8. The van der Waals surface area contributed by atoms with Gasteiger partial charge in [-0.15, -0.1) is 10.2 Å². The fourth-order valence-corrected chi connectivity index (χ4v) is 4.00. The Kier molecular flexibility index (Phi) is 8.32. The fourth-order valence-electron chi connectivity index (χ4n) is 4.00. The molecule has 1 aromatic carbocycles. The van der Waals surface area contributed by atoms with Crippen molar-refractivity contribution in [3.05, 3.63) is 46.8 Å². The van der Waals surface area contributed by atoms with Gasteiger partial charge in [0.1, 0.15) is 5.82 Å². The van der Waals surface area contributed by atoms with Crippen molar-refractivity contribution < 1.29 is 31.5 Å². The van der Waals surface area contributed by atoms with Crippen molar-refractivity contribution in [3.8, 4) is 0 Å². The number of fused-ring (bicyclic) bond motifs is 1. The van der Waals surface area contributed by atoms with E-state index in [0.717, 1.165) is 0 Å². The van der Waals surface area contributed by atoms with Gasteiger partial charge in [0.15, 0.2) is 17.5 Å². The normalized spacial score (nSPS) is 16.3. The highest BCUT2D eigenvalue weighted by Gasteiger charge is 2.35. The van der Waals surface area contributed by atoms with Crippen molar-refractivity contribution >= 4 is 11.8 Å². The van der Waals surface area contributed by atoms with Crippen LogP contribution in [0.3, 0.4) is 0 Å². The first-order valence-electron chi connectivity index (χ1n) is 11.6. The Balaban J connectivity index is 1.78. The van der Waals surface area contributed by atoms with Crippen LogP contribution in [0.15, 0.2) is 12.1 Å². The molecule has 13 heteroatoms. The molecule has 0 radical (unpaired) electrons. The van der Waals surface area contributed by atoms with E-state index in [1.54, 1.807) is 6.92 Å². The Labute approximate surface area is 205 Å². The second-order valence-corrected chi connectivity index (χ2v) is 9.18. The fraction of sp³-hybridized carbons (Fsp3) is 0.565. The highest BCUT2D eigenvalue weighted by molar-refractivity contribution is 5.83. The Bertz CT molecular complexity index is 1120. The monoisotopic (exact) mass is 516 g/mol. The van der Waals surface area contributed by atoms with E-state index in [4.69, 9.17) is 5.73 Å². The summed E-state index contributed by atoms with van der Waals surface area (Å²) in [6.45, 7) is 4.37. The maximum atomic E-state index is 14.3. The third-order valence-corrected chi connectivity index (χ3v) is 6.38. The van der Waals surface area contributed by atoms with E-state index in [9.17, 15) is 31.5 Å². The topological polar surface area (TPSA) is 106 Å². The molecule has 36 heavy (non-hydrogen) atoms. The second kappa shape index (κ2) is 10.9. The van der Waals surface area contributed by atoms with E-state index >= 15 is 0 Å². The molecular weight excluding hydrogens is 487 g/mol. The first-order chi connectivity index (χ1) is 16.8. The number of nitrogens with zero attached hydrogens (tertiary/aromatic N) is 4. The summed E-state index contributed by atoms with van der Waals surface area (Å²) >= 11 is 0. The van der Waals surface area contributed by atoms with E-state index < -0.39 is 53.1 Å². The zero-order valence-corrected chi connectivity index (χ0v) is 20.2. The van der Waals surface area contributed by atoms with Crippen LogP contribution >= 0.6 is 0 Å². The Hall–Kier alpha value is -3.09. The Morgan fingerprint density at radius 3 is 2.44 bits per heavy atom. The summed E-state index contributed by atoms with van der Waals surface area (Å²) in [6.07, 6.45) is -0.00442. The minimum absolute atomic E-state index is 0.0422. The van der Waals surface area contributed by atoms with Crippen LogP contribution in [-0.4, -0.2) is 50.1 Å². The van der Waals surface area contributed by atoms with Crippen LogP contribution < -0.4 is 11.1 Å². The summed E-state index contributed by atoms with van der Waals surface area (Å²) < 4.78 is 70.1. The predicted molar refractivity (Wildman–Crippen MR) is 119 cm³/mol. The van der Waals surface area contributed by atoms with Gasteiger partial charge in [0.2, 0.25) is 17.6 Å². The average Bonchev–Trinajstić information content (AvgIpc) is 3.25. The van der Waals surface area contributed by atoms with Crippen LogP contribution in [0.25, 0.3) is 0 Å². The molecule has 3 unspecified atom stereocenters. The molecule has 1 aliphatic rings. The van der Waals surface area contributed by atoms with Gasteiger partial charge in [-0.1, -0.05) is 20.3 Å². The molecule has 0 spiro atoms. The molecule has 8 nitrogen and oxygen atoms in total. The molecule has 2 aromatic rings. The van der Waals surface area contributed by atoms with Gasteiger partial charge in [-0.2, -0.15) is 8.78 Å². The standard InChI is InChI=1S/C23H29F5N6O2/c1-4-12(2)20(29)21(36)30-14(7-13-8-16(25)17(26)10-15(13)24)9-19(35)33-5-6-34-18(11-33)31-32-22(34)23(3,27)28/h8,10,12,14,20H,4-7,9,11,29H2,1-3H3,(H,30,36). The quantitative estimate of drug-likeness (QED) is 0.394.